The lowest BCUT2D eigenvalue weighted by Gasteiger charge is -2.13. The minimum atomic E-state index is -0.370. The van der Waals surface area contributed by atoms with Gasteiger partial charge in [0, 0.05) is 18.1 Å². The Bertz CT molecular complexity index is 506. The van der Waals surface area contributed by atoms with Gasteiger partial charge in [-0.2, -0.15) is 5.10 Å². The molecule has 1 N–H and O–H groups in total. The summed E-state index contributed by atoms with van der Waals surface area (Å²) in [6, 6.07) is 9.16. The Labute approximate surface area is 105 Å². The molecule has 1 aromatic heterocycles. The van der Waals surface area contributed by atoms with E-state index in [9.17, 15) is 4.79 Å². The van der Waals surface area contributed by atoms with Crippen molar-refractivity contribution in [2.75, 3.05) is 12.4 Å². The first-order valence-corrected chi connectivity index (χ1v) is 5.65. The summed E-state index contributed by atoms with van der Waals surface area (Å²) in [4.78, 5) is 11.3. The minimum absolute atomic E-state index is 0.286. The highest BCUT2D eigenvalue weighted by atomic mass is 16.5. The number of hydrogen-bond acceptors (Lipinski definition) is 4. The van der Waals surface area contributed by atoms with Crippen molar-refractivity contribution in [2.45, 2.75) is 13.0 Å². The van der Waals surface area contributed by atoms with Gasteiger partial charge in [-0.15, -0.1) is 0 Å². The molecular weight excluding hydrogens is 230 g/mol. The molecule has 0 aliphatic carbocycles. The van der Waals surface area contributed by atoms with Crippen LogP contribution in [-0.2, 0) is 9.53 Å². The maximum absolute atomic E-state index is 11.3. The van der Waals surface area contributed by atoms with Crippen molar-refractivity contribution in [1.82, 2.24) is 9.78 Å². The summed E-state index contributed by atoms with van der Waals surface area (Å²) in [5.74, 6) is -0.286. The first kappa shape index (κ1) is 12.2. The molecule has 18 heavy (non-hydrogen) atoms. The van der Waals surface area contributed by atoms with Crippen LogP contribution in [0.2, 0.25) is 0 Å². The molecule has 0 aliphatic heterocycles. The SMILES string of the molecule is COC(=O)C(C)Nc1ccc(-n2cccn2)cc1. The topological polar surface area (TPSA) is 56.1 Å². The van der Waals surface area contributed by atoms with E-state index < -0.39 is 0 Å². The van der Waals surface area contributed by atoms with Gasteiger partial charge < -0.3 is 10.1 Å². The number of anilines is 1. The van der Waals surface area contributed by atoms with Gasteiger partial charge in [-0.25, -0.2) is 9.48 Å². The fourth-order valence-corrected chi connectivity index (χ4v) is 1.62. The summed E-state index contributed by atoms with van der Waals surface area (Å²) in [6.07, 6.45) is 3.60. The Morgan fingerprint density at radius 1 is 1.39 bits per heavy atom. The van der Waals surface area contributed by atoms with E-state index in [1.165, 1.54) is 7.11 Å². The van der Waals surface area contributed by atoms with Gasteiger partial charge in [-0.05, 0) is 37.3 Å². The van der Waals surface area contributed by atoms with Gasteiger partial charge >= 0.3 is 5.97 Å². The Balaban J connectivity index is 2.06. The number of benzene rings is 1. The third kappa shape index (κ3) is 2.68. The molecule has 0 bridgehead atoms. The van der Waals surface area contributed by atoms with Gasteiger partial charge in [0.1, 0.15) is 6.04 Å². The number of nitrogens with one attached hydrogen (secondary N) is 1. The molecule has 94 valence electrons. The summed E-state index contributed by atoms with van der Waals surface area (Å²) in [7, 11) is 1.38. The Morgan fingerprint density at radius 3 is 2.67 bits per heavy atom. The van der Waals surface area contributed by atoms with Crippen LogP contribution >= 0.6 is 0 Å². The fraction of sp³-hybridized carbons (Fsp3) is 0.231. The van der Waals surface area contributed by atoms with E-state index in [-0.39, 0.29) is 12.0 Å². The Hall–Kier alpha value is -2.30. The van der Waals surface area contributed by atoms with Crippen LogP contribution in [0.4, 0.5) is 5.69 Å². The van der Waals surface area contributed by atoms with Gasteiger partial charge in [0.05, 0.1) is 12.8 Å². The molecule has 0 spiro atoms. The third-order valence-electron chi connectivity index (χ3n) is 2.57. The Kier molecular flexibility index (Phi) is 3.62. The average Bonchev–Trinajstić information content (AvgIpc) is 2.92. The Morgan fingerprint density at radius 2 is 2.11 bits per heavy atom. The maximum atomic E-state index is 11.3. The monoisotopic (exact) mass is 245 g/mol. The summed E-state index contributed by atoms with van der Waals surface area (Å²) in [5, 5.41) is 7.20. The largest absolute Gasteiger partial charge is 0.467 e. The van der Waals surface area contributed by atoms with E-state index >= 15 is 0 Å². The van der Waals surface area contributed by atoms with Crippen LogP contribution in [0, 0.1) is 0 Å². The van der Waals surface area contributed by atoms with E-state index in [4.69, 9.17) is 0 Å². The van der Waals surface area contributed by atoms with Crippen LogP contribution in [0.5, 0.6) is 0 Å². The molecule has 0 amide bonds. The lowest BCUT2D eigenvalue weighted by atomic mass is 10.2. The number of aromatic nitrogens is 2. The predicted octanol–water partition coefficient (Wildman–Crippen LogP) is 1.85. The second-order valence-corrected chi connectivity index (χ2v) is 3.89. The van der Waals surface area contributed by atoms with Crippen LogP contribution in [0.1, 0.15) is 6.92 Å². The first-order valence-electron chi connectivity index (χ1n) is 5.65. The summed E-state index contributed by atoms with van der Waals surface area (Å²) >= 11 is 0. The van der Waals surface area contributed by atoms with Crippen LogP contribution in [0.15, 0.2) is 42.7 Å². The zero-order valence-electron chi connectivity index (χ0n) is 10.3. The van der Waals surface area contributed by atoms with Crippen molar-refractivity contribution >= 4 is 11.7 Å². The highest BCUT2D eigenvalue weighted by molar-refractivity contribution is 5.78. The number of ether oxygens (including phenoxy) is 1. The molecule has 1 atom stereocenters. The van der Waals surface area contributed by atoms with E-state index in [1.54, 1.807) is 17.8 Å². The highest BCUT2D eigenvalue weighted by Gasteiger charge is 2.12. The lowest BCUT2D eigenvalue weighted by Crippen LogP contribution is -2.27. The number of rotatable bonds is 4. The number of carbonyl (C=O) groups is 1. The van der Waals surface area contributed by atoms with Crippen LogP contribution in [0.25, 0.3) is 5.69 Å². The second kappa shape index (κ2) is 5.35. The molecule has 0 saturated heterocycles. The number of nitrogens with zero attached hydrogens (tertiary/aromatic N) is 2. The number of esters is 1. The number of carbonyl (C=O) groups excluding carboxylic acids is 1. The quantitative estimate of drug-likeness (QED) is 0.835. The van der Waals surface area contributed by atoms with Crippen LogP contribution in [0.3, 0.4) is 0 Å². The molecule has 2 rings (SSSR count). The molecule has 5 nitrogen and oxygen atoms in total. The summed E-state index contributed by atoms with van der Waals surface area (Å²) in [6.45, 7) is 1.76. The second-order valence-electron chi connectivity index (χ2n) is 3.89. The number of hydrogen-bond donors (Lipinski definition) is 1. The molecule has 1 unspecified atom stereocenters. The number of methoxy groups -OCH3 is 1. The van der Waals surface area contributed by atoms with Crippen molar-refractivity contribution < 1.29 is 9.53 Å². The normalized spacial score (nSPS) is 11.9. The summed E-state index contributed by atoms with van der Waals surface area (Å²) < 4.78 is 6.42. The zero-order chi connectivity index (χ0) is 13.0. The smallest absolute Gasteiger partial charge is 0.327 e. The van der Waals surface area contributed by atoms with Crippen molar-refractivity contribution in [3.05, 3.63) is 42.7 Å². The van der Waals surface area contributed by atoms with Gasteiger partial charge in [0.15, 0.2) is 0 Å². The van der Waals surface area contributed by atoms with Gasteiger partial charge in [0.25, 0.3) is 0 Å². The third-order valence-corrected chi connectivity index (χ3v) is 2.57. The average molecular weight is 245 g/mol. The molecule has 0 radical (unpaired) electrons. The molecule has 0 saturated carbocycles. The van der Waals surface area contributed by atoms with Gasteiger partial charge in [0.2, 0.25) is 0 Å². The van der Waals surface area contributed by atoms with Crippen molar-refractivity contribution in [2.24, 2.45) is 0 Å². The van der Waals surface area contributed by atoms with Crippen molar-refractivity contribution in [1.29, 1.82) is 0 Å². The van der Waals surface area contributed by atoms with Crippen molar-refractivity contribution in [3.63, 3.8) is 0 Å². The predicted molar refractivity (Wildman–Crippen MR) is 68.7 cm³/mol. The van der Waals surface area contributed by atoms with Crippen LogP contribution < -0.4 is 5.32 Å². The van der Waals surface area contributed by atoms with E-state index in [0.717, 1.165) is 11.4 Å². The first-order chi connectivity index (χ1) is 8.70. The maximum Gasteiger partial charge on any atom is 0.327 e. The van der Waals surface area contributed by atoms with E-state index in [1.807, 2.05) is 36.5 Å². The van der Waals surface area contributed by atoms with Crippen LogP contribution in [-0.4, -0.2) is 28.9 Å². The summed E-state index contributed by atoms with van der Waals surface area (Å²) in [5.41, 5.74) is 1.83. The molecule has 1 heterocycles. The standard InChI is InChI=1S/C13H15N3O2/c1-10(13(17)18-2)15-11-4-6-12(7-5-11)16-9-3-8-14-16/h3-10,15H,1-2H3. The van der Waals surface area contributed by atoms with Gasteiger partial charge in [-0.3, -0.25) is 0 Å². The molecular formula is C13H15N3O2. The zero-order valence-corrected chi connectivity index (χ0v) is 10.3. The van der Waals surface area contributed by atoms with Gasteiger partial charge in [-0.1, -0.05) is 0 Å². The highest BCUT2D eigenvalue weighted by Crippen LogP contribution is 2.13. The minimum Gasteiger partial charge on any atom is -0.467 e. The molecule has 5 heteroatoms. The molecule has 2 aromatic rings. The van der Waals surface area contributed by atoms with E-state index in [0.29, 0.717) is 0 Å². The molecule has 1 aromatic carbocycles. The lowest BCUT2D eigenvalue weighted by molar-refractivity contribution is -0.141. The molecule has 0 aliphatic rings. The molecule has 0 fully saturated rings. The van der Waals surface area contributed by atoms with Crippen molar-refractivity contribution in [3.8, 4) is 5.69 Å². The van der Waals surface area contributed by atoms with E-state index in [2.05, 4.69) is 15.2 Å². The fourth-order valence-electron chi connectivity index (χ4n) is 1.62.